The summed E-state index contributed by atoms with van der Waals surface area (Å²) >= 11 is 0. The Labute approximate surface area is 145 Å². The van der Waals surface area contributed by atoms with Gasteiger partial charge in [0.05, 0.1) is 11.1 Å². The minimum Gasteiger partial charge on any atom is -0.361 e. The molecule has 0 spiro atoms. The Balaban J connectivity index is 1.89. The molecule has 1 aliphatic rings. The smallest absolute Gasteiger partial charge is 0.256 e. The second-order valence-electron chi connectivity index (χ2n) is 6.05. The van der Waals surface area contributed by atoms with Gasteiger partial charge in [0.2, 0.25) is 0 Å². The molecule has 0 radical (unpaired) electrons. The number of anilines is 1. The molecule has 130 valence electrons. The highest BCUT2D eigenvalue weighted by atomic mass is 19.1. The molecule has 5 nitrogen and oxygen atoms in total. The lowest BCUT2D eigenvalue weighted by atomic mass is 10.0. The largest absolute Gasteiger partial charge is 0.361 e. The molecule has 0 aliphatic carbocycles. The van der Waals surface area contributed by atoms with E-state index in [2.05, 4.69) is 22.5 Å². The van der Waals surface area contributed by atoms with Crippen molar-refractivity contribution in [2.24, 2.45) is 0 Å². The fraction of sp³-hybridized carbons (Fsp3) is 0.263. The van der Waals surface area contributed by atoms with Crippen molar-refractivity contribution in [2.75, 3.05) is 11.9 Å². The van der Waals surface area contributed by atoms with Crippen LogP contribution in [0, 0.1) is 12.7 Å². The lowest BCUT2D eigenvalue weighted by molar-refractivity contribution is -0.110. The number of rotatable bonds is 5. The number of aromatic amines is 1. The summed E-state index contributed by atoms with van der Waals surface area (Å²) in [7, 11) is 0. The molecule has 0 atom stereocenters. The third-order valence-electron chi connectivity index (χ3n) is 4.29. The minimum absolute atomic E-state index is 0.144. The maximum absolute atomic E-state index is 13.5. The van der Waals surface area contributed by atoms with Crippen molar-refractivity contribution in [2.45, 2.75) is 26.7 Å². The standard InChI is InChI=1S/C19H20FN3O2/c1-3-4-7-21-18(24)15-10-22-17(11(15)2)9-14-13-8-12(20)5-6-16(13)23-19(14)25/h5-6,8-10,22H,3-4,7H2,1-2H3,(H,21,24)(H,23,25)/b14-9-. The molecule has 1 aromatic heterocycles. The topological polar surface area (TPSA) is 74.0 Å². The van der Waals surface area contributed by atoms with Crippen molar-refractivity contribution in [3.8, 4) is 0 Å². The van der Waals surface area contributed by atoms with Gasteiger partial charge in [0.25, 0.3) is 11.8 Å². The van der Waals surface area contributed by atoms with Gasteiger partial charge in [0.1, 0.15) is 5.82 Å². The molecule has 3 N–H and O–H groups in total. The van der Waals surface area contributed by atoms with Gasteiger partial charge in [-0.25, -0.2) is 4.39 Å². The average molecular weight is 341 g/mol. The first-order chi connectivity index (χ1) is 12.0. The first-order valence-electron chi connectivity index (χ1n) is 8.30. The Morgan fingerprint density at radius 3 is 2.92 bits per heavy atom. The average Bonchev–Trinajstić information content (AvgIpc) is 3.09. The number of carbonyl (C=O) groups excluding carboxylic acids is 2. The summed E-state index contributed by atoms with van der Waals surface area (Å²) in [4.78, 5) is 27.4. The zero-order valence-corrected chi connectivity index (χ0v) is 14.2. The number of benzene rings is 1. The highest BCUT2D eigenvalue weighted by Crippen LogP contribution is 2.34. The zero-order chi connectivity index (χ0) is 18.0. The number of carbonyl (C=O) groups is 2. The van der Waals surface area contributed by atoms with Crippen molar-refractivity contribution in [1.29, 1.82) is 0 Å². The van der Waals surface area contributed by atoms with E-state index in [-0.39, 0.29) is 11.8 Å². The fourth-order valence-corrected chi connectivity index (χ4v) is 2.82. The molecular formula is C19H20FN3O2. The van der Waals surface area contributed by atoms with E-state index in [1.165, 1.54) is 18.2 Å². The molecule has 2 heterocycles. The van der Waals surface area contributed by atoms with Crippen molar-refractivity contribution in [3.05, 3.63) is 52.6 Å². The number of unbranched alkanes of at least 4 members (excludes halogenated alkanes) is 1. The monoisotopic (exact) mass is 341 g/mol. The van der Waals surface area contributed by atoms with Crippen LogP contribution >= 0.6 is 0 Å². The predicted molar refractivity (Wildman–Crippen MR) is 95.7 cm³/mol. The van der Waals surface area contributed by atoms with E-state index in [0.717, 1.165) is 18.4 Å². The number of fused-ring (bicyclic) bond motifs is 1. The number of hydrogen-bond acceptors (Lipinski definition) is 2. The van der Waals surface area contributed by atoms with Gasteiger partial charge in [-0.2, -0.15) is 0 Å². The van der Waals surface area contributed by atoms with E-state index >= 15 is 0 Å². The lowest BCUT2D eigenvalue weighted by Crippen LogP contribution is -2.24. The van der Waals surface area contributed by atoms with Gasteiger partial charge in [0.15, 0.2) is 0 Å². The Morgan fingerprint density at radius 2 is 2.16 bits per heavy atom. The summed E-state index contributed by atoms with van der Waals surface area (Å²) in [5.74, 6) is -0.835. The number of hydrogen-bond donors (Lipinski definition) is 3. The maximum Gasteiger partial charge on any atom is 0.256 e. The Hall–Kier alpha value is -2.89. The van der Waals surface area contributed by atoms with Crippen LogP contribution in [0.1, 0.15) is 46.9 Å². The van der Waals surface area contributed by atoms with E-state index in [1.807, 2.05) is 6.92 Å². The molecule has 0 bridgehead atoms. The number of amides is 2. The number of nitrogens with one attached hydrogen (secondary N) is 3. The van der Waals surface area contributed by atoms with E-state index in [1.54, 1.807) is 12.3 Å². The minimum atomic E-state index is -0.402. The second-order valence-corrected chi connectivity index (χ2v) is 6.05. The second kappa shape index (κ2) is 6.93. The first-order valence-corrected chi connectivity index (χ1v) is 8.30. The third kappa shape index (κ3) is 3.33. The summed E-state index contributed by atoms with van der Waals surface area (Å²) in [6.07, 6.45) is 5.21. The molecular weight excluding hydrogens is 321 g/mol. The van der Waals surface area contributed by atoms with Gasteiger partial charge in [0, 0.05) is 29.7 Å². The summed E-state index contributed by atoms with van der Waals surface area (Å²) in [6.45, 7) is 4.51. The van der Waals surface area contributed by atoms with Crippen LogP contribution in [0.25, 0.3) is 11.6 Å². The molecule has 0 saturated heterocycles. The Bertz CT molecular complexity index is 868. The van der Waals surface area contributed by atoms with E-state index in [9.17, 15) is 14.0 Å². The van der Waals surface area contributed by atoms with Gasteiger partial charge >= 0.3 is 0 Å². The number of aromatic nitrogens is 1. The van der Waals surface area contributed by atoms with Crippen LogP contribution in [-0.4, -0.2) is 23.3 Å². The fourth-order valence-electron chi connectivity index (χ4n) is 2.82. The van der Waals surface area contributed by atoms with Gasteiger partial charge in [-0.1, -0.05) is 13.3 Å². The first kappa shape index (κ1) is 17.0. The van der Waals surface area contributed by atoms with Crippen molar-refractivity contribution in [3.63, 3.8) is 0 Å². The molecule has 0 unspecified atom stereocenters. The van der Waals surface area contributed by atoms with E-state index in [4.69, 9.17) is 0 Å². The molecule has 0 saturated carbocycles. The Kier molecular flexibility index (Phi) is 4.70. The zero-order valence-electron chi connectivity index (χ0n) is 14.2. The van der Waals surface area contributed by atoms with Crippen molar-refractivity contribution < 1.29 is 14.0 Å². The van der Waals surface area contributed by atoms with Crippen LogP contribution in [0.15, 0.2) is 24.4 Å². The molecule has 6 heteroatoms. The molecule has 25 heavy (non-hydrogen) atoms. The van der Waals surface area contributed by atoms with Crippen LogP contribution < -0.4 is 10.6 Å². The van der Waals surface area contributed by atoms with Crippen LogP contribution in [0.3, 0.4) is 0 Å². The van der Waals surface area contributed by atoms with Gasteiger partial charge < -0.3 is 15.6 Å². The number of H-pyrrole nitrogens is 1. The summed E-state index contributed by atoms with van der Waals surface area (Å²) in [6, 6.07) is 4.17. The predicted octanol–water partition coefficient (Wildman–Crippen LogP) is 3.48. The lowest BCUT2D eigenvalue weighted by Gasteiger charge is -2.03. The molecule has 0 fully saturated rings. The molecule has 1 aromatic carbocycles. The highest BCUT2D eigenvalue weighted by Gasteiger charge is 2.25. The molecule has 2 aromatic rings. The van der Waals surface area contributed by atoms with Gasteiger partial charge in [-0.05, 0) is 43.2 Å². The third-order valence-corrected chi connectivity index (χ3v) is 4.29. The highest BCUT2D eigenvalue weighted by molar-refractivity contribution is 6.34. The molecule has 3 rings (SSSR count). The summed E-state index contributed by atoms with van der Waals surface area (Å²) < 4.78 is 13.5. The van der Waals surface area contributed by atoms with Crippen LogP contribution in [0.2, 0.25) is 0 Å². The van der Waals surface area contributed by atoms with Crippen molar-refractivity contribution >= 4 is 29.2 Å². The van der Waals surface area contributed by atoms with E-state index < -0.39 is 5.82 Å². The quantitative estimate of drug-likeness (QED) is 0.575. The van der Waals surface area contributed by atoms with Gasteiger partial charge in [-0.15, -0.1) is 0 Å². The van der Waals surface area contributed by atoms with E-state index in [0.29, 0.717) is 34.6 Å². The van der Waals surface area contributed by atoms with Crippen LogP contribution in [-0.2, 0) is 4.79 Å². The normalized spacial score (nSPS) is 14.5. The Morgan fingerprint density at radius 1 is 1.36 bits per heavy atom. The molecule has 1 aliphatic heterocycles. The molecule has 2 amide bonds. The maximum atomic E-state index is 13.5. The SMILES string of the molecule is CCCCNC(=O)c1c[nH]c(/C=C2\C(=O)Nc3ccc(F)cc32)c1C. The van der Waals surface area contributed by atoms with Crippen molar-refractivity contribution in [1.82, 2.24) is 10.3 Å². The summed E-state index contributed by atoms with van der Waals surface area (Å²) in [5.41, 5.74) is 3.42. The number of halogens is 1. The summed E-state index contributed by atoms with van der Waals surface area (Å²) in [5, 5.41) is 5.58. The van der Waals surface area contributed by atoms with Gasteiger partial charge in [-0.3, -0.25) is 9.59 Å². The van der Waals surface area contributed by atoms with Crippen LogP contribution in [0.4, 0.5) is 10.1 Å². The van der Waals surface area contributed by atoms with Crippen LogP contribution in [0.5, 0.6) is 0 Å².